The van der Waals surface area contributed by atoms with Crippen LogP contribution in [0.4, 0.5) is 4.79 Å². The summed E-state index contributed by atoms with van der Waals surface area (Å²) in [6, 6.07) is 14.5. The van der Waals surface area contributed by atoms with E-state index in [-0.39, 0.29) is 5.37 Å². The van der Waals surface area contributed by atoms with Crippen LogP contribution in [-0.2, 0) is 16.2 Å². The Kier molecular flexibility index (Phi) is 7.85. The molecular formula is C20H26N2O2S2. The zero-order valence-electron chi connectivity index (χ0n) is 15.7. The molecule has 26 heavy (non-hydrogen) atoms. The van der Waals surface area contributed by atoms with Gasteiger partial charge in [-0.15, -0.1) is 23.5 Å². The number of hydrogen-bond acceptors (Lipinski definition) is 5. The summed E-state index contributed by atoms with van der Waals surface area (Å²) in [6.07, 6.45) is 1.42. The highest BCUT2D eigenvalue weighted by molar-refractivity contribution is 7.99. The highest BCUT2D eigenvalue weighted by Crippen LogP contribution is 2.28. The molecule has 0 aliphatic rings. The summed E-state index contributed by atoms with van der Waals surface area (Å²) < 4.78 is 5.29. The number of benzene rings is 1. The van der Waals surface area contributed by atoms with E-state index in [4.69, 9.17) is 4.74 Å². The van der Waals surface area contributed by atoms with Gasteiger partial charge in [0.05, 0.1) is 11.1 Å². The van der Waals surface area contributed by atoms with Crippen molar-refractivity contribution in [3.8, 4) is 0 Å². The summed E-state index contributed by atoms with van der Waals surface area (Å²) >= 11 is 3.42. The predicted octanol–water partition coefficient (Wildman–Crippen LogP) is 5.48. The van der Waals surface area contributed by atoms with Crippen LogP contribution in [0.1, 0.15) is 39.0 Å². The lowest BCUT2D eigenvalue weighted by Gasteiger charge is -2.21. The second-order valence-corrected chi connectivity index (χ2v) is 9.17. The minimum absolute atomic E-state index is 0.0566. The molecule has 1 atom stereocenters. The van der Waals surface area contributed by atoms with Crippen LogP contribution in [0.15, 0.2) is 53.6 Å². The standard InChI is InChI=1S/C20H26N2O2S2/c1-15(22-19(23)24-20(2,3)4)25-14-17-18(11-8-12-21-17)26-13-16-9-6-5-7-10-16/h5-12,15H,13-14H2,1-4H3,(H,22,23). The van der Waals surface area contributed by atoms with Crippen LogP contribution in [0.5, 0.6) is 0 Å². The van der Waals surface area contributed by atoms with Crippen molar-refractivity contribution in [3.05, 3.63) is 59.9 Å². The smallest absolute Gasteiger partial charge is 0.408 e. The monoisotopic (exact) mass is 390 g/mol. The van der Waals surface area contributed by atoms with E-state index in [0.717, 1.165) is 17.2 Å². The van der Waals surface area contributed by atoms with Crippen LogP contribution in [-0.4, -0.2) is 22.1 Å². The first-order valence-corrected chi connectivity index (χ1v) is 10.6. The Hall–Kier alpha value is -1.66. The van der Waals surface area contributed by atoms with Gasteiger partial charge < -0.3 is 10.1 Å². The van der Waals surface area contributed by atoms with E-state index in [9.17, 15) is 4.79 Å². The van der Waals surface area contributed by atoms with E-state index in [1.165, 1.54) is 10.5 Å². The van der Waals surface area contributed by atoms with Crippen LogP contribution in [0.25, 0.3) is 0 Å². The Morgan fingerprint density at radius 3 is 2.58 bits per heavy atom. The lowest BCUT2D eigenvalue weighted by Crippen LogP contribution is -2.36. The van der Waals surface area contributed by atoms with Gasteiger partial charge in [0.2, 0.25) is 0 Å². The second-order valence-electron chi connectivity index (χ2n) is 6.82. The van der Waals surface area contributed by atoms with E-state index in [2.05, 4.69) is 40.6 Å². The molecule has 1 aromatic carbocycles. The highest BCUT2D eigenvalue weighted by atomic mass is 32.2. The molecule has 1 aromatic heterocycles. The Morgan fingerprint density at radius 2 is 1.88 bits per heavy atom. The van der Waals surface area contributed by atoms with Crippen molar-refractivity contribution in [2.24, 2.45) is 0 Å². The molecule has 1 amide bonds. The second kappa shape index (κ2) is 9.88. The van der Waals surface area contributed by atoms with Crippen molar-refractivity contribution in [2.45, 2.75) is 55.1 Å². The number of thioether (sulfide) groups is 2. The zero-order valence-corrected chi connectivity index (χ0v) is 17.3. The van der Waals surface area contributed by atoms with Crippen molar-refractivity contribution >= 4 is 29.6 Å². The fourth-order valence-corrected chi connectivity index (χ4v) is 4.01. The average molecular weight is 391 g/mol. The maximum atomic E-state index is 11.8. The molecule has 1 heterocycles. The summed E-state index contributed by atoms with van der Waals surface area (Å²) in [7, 11) is 0. The molecule has 0 fully saturated rings. The molecule has 0 aliphatic heterocycles. The number of pyridine rings is 1. The average Bonchev–Trinajstić information content (AvgIpc) is 2.58. The Morgan fingerprint density at radius 1 is 1.15 bits per heavy atom. The van der Waals surface area contributed by atoms with E-state index < -0.39 is 11.7 Å². The number of nitrogens with one attached hydrogen (secondary N) is 1. The van der Waals surface area contributed by atoms with Gasteiger partial charge in [0.25, 0.3) is 0 Å². The van der Waals surface area contributed by atoms with Gasteiger partial charge in [-0.25, -0.2) is 4.79 Å². The van der Waals surface area contributed by atoms with E-state index in [1.54, 1.807) is 23.5 Å². The third-order valence-electron chi connectivity index (χ3n) is 3.28. The van der Waals surface area contributed by atoms with Gasteiger partial charge in [-0.1, -0.05) is 30.3 Å². The molecule has 140 valence electrons. The summed E-state index contributed by atoms with van der Waals surface area (Å²) in [5.41, 5.74) is 1.84. The van der Waals surface area contributed by atoms with Crippen molar-refractivity contribution in [2.75, 3.05) is 0 Å². The van der Waals surface area contributed by atoms with Crippen molar-refractivity contribution in [3.63, 3.8) is 0 Å². The summed E-state index contributed by atoms with van der Waals surface area (Å²) in [5.74, 6) is 1.64. The number of nitrogens with zero attached hydrogens (tertiary/aromatic N) is 1. The van der Waals surface area contributed by atoms with Crippen molar-refractivity contribution < 1.29 is 9.53 Å². The summed E-state index contributed by atoms with van der Waals surface area (Å²) in [6.45, 7) is 7.52. The van der Waals surface area contributed by atoms with Crippen LogP contribution in [0.3, 0.4) is 0 Å². The molecule has 0 aliphatic carbocycles. The predicted molar refractivity (Wildman–Crippen MR) is 110 cm³/mol. The maximum Gasteiger partial charge on any atom is 0.408 e. The number of carbonyl (C=O) groups is 1. The number of carbonyl (C=O) groups excluding carboxylic acids is 1. The fourth-order valence-electron chi connectivity index (χ4n) is 2.12. The topological polar surface area (TPSA) is 51.2 Å². The third kappa shape index (κ3) is 7.70. The first kappa shape index (κ1) is 20.6. The molecule has 1 unspecified atom stereocenters. The van der Waals surface area contributed by atoms with Gasteiger partial charge in [0.15, 0.2) is 0 Å². The molecule has 0 bridgehead atoms. The SMILES string of the molecule is CC(NC(=O)OC(C)(C)C)SCc1ncccc1SCc1ccccc1. The molecule has 1 N–H and O–H groups in total. The zero-order chi connectivity index (χ0) is 19.0. The van der Waals surface area contributed by atoms with Gasteiger partial charge in [-0.05, 0) is 45.4 Å². The first-order valence-electron chi connectivity index (χ1n) is 8.55. The van der Waals surface area contributed by atoms with E-state index in [0.29, 0.717) is 0 Å². The molecule has 0 radical (unpaired) electrons. The first-order chi connectivity index (χ1) is 12.3. The largest absolute Gasteiger partial charge is 0.444 e. The number of ether oxygens (including phenoxy) is 1. The molecule has 0 saturated heterocycles. The number of hydrogen-bond donors (Lipinski definition) is 1. The van der Waals surface area contributed by atoms with Gasteiger partial charge in [0, 0.05) is 22.6 Å². The highest BCUT2D eigenvalue weighted by Gasteiger charge is 2.18. The molecule has 2 aromatic rings. The van der Waals surface area contributed by atoms with Gasteiger partial charge in [0.1, 0.15) is 5.60 Å². The van der Waals surface area contributed by atoms with Crippen LogP contribution >= 0.6 is 23.5 Å². The third-order valence-corrected chi connectivity index (χ3v) is 5.49. The number of rotatable bonds is 7. The van der Waals surface area contributed by atoms with Gasteiger partial charge in [-0.3, -0.25) is 4.98 Å². The van der Waals surface area contributed by atoms with Crippen LogP contribution < -0.4 is 5.32 Å². The minimum atomic E-state index is -0.489. The number of amides is 1. The fraction of sp³-hybridized carbons (Fsp3) is 0.400. The van der Waals surface area contributed by atoms with E-state index >= 15 is 0 Å². The molecule has 0 saturated carbocycles. The quantitative estimate of drug-likeness (QED) is 0.501. The lowest BCUT2D eigenvalue weighted by atomic mass is 10.2. The Labute approximate surface area is 164 Å². The molecule has 4 nitrogen and oxygen atoms in total. The Bertz CT molecular complexity index is 702. The van der Waals surface area contributed by atoms with Crippen LogP contribution in [0, 0.1) is 0 Å². The van der Waals surface area contributed by atoms with E-state index in [1.807, 2.05) is 46.0 Å². The summed E-state index contributed by atoms with van der Waals surface area (Å²) in [4.78, 5) is 17.5. The number of aromatic nitrogens is 1. The summed E-state index contributed by atoms with van der Waals surface area (Å²) in [5, 5.41) is 2.79. The molecular weight excluding hydrogens is 364 g/mol. The normalized spacial score (nSPS) is 12.5. The minimum Gasteiger partial charge on any atom is -0.444 e. The van der Waals surface area contributed by atoms with Gasteiger partial charge >= 0.3 is 6.09 Å². The molecule has 2 rings (SSSR count). The lowest BCUT2D eigenvalue weighted by molar-refractivity contribution is 0.0525. The van der Waals surface area contributed by atoms with Crippen molar-refractivity contribution in [1.82, 2.24) is 10.3 Å². The molecule has 6 heteroatoms. The van der Waals surface area contributed by atoms with Gasteiger partial charge in [-0.2, -0.15) is 0 Å². The maximum absolute atomic E-state index is 11.8. The Balaban J connectivity index is 1.86. The molecule has 0 spiro atoms. The number of alkyl carbamates (subject to hydrolysis) is 1. The van der Waals surface area contributed by atoms with Crippen molar-refractivity contribution in [1.29, 1.82) is 0 Å². The van der Waals surface area contributed by atoms with Crippen LogP contribution in [0.2, 0.25) is 0 Å².